The normalized spacial score (nSPS) is 18.0. The Labute approximate surface area is 156 Å². The van der Waals surface area contributed by atoms with Gasteiger partial charge in [-0.15, -0.1) is 0 Å². The molecule has 2 aromatic rings. The Balaban J connectivity index is 1.71. The maximum atomic E-state index is 12.5. The molecule has 0 aliphatic carbocycles. The van der Waals surface area contributed by atoms with Gasteiger partial charge in [-0.2, -0.15) is 0 Å². The Hall–Kier alpha value is -2.11. The summed E-state index contributed by atoms with van der Waals surface area (Å²) in [7, 11) is -0.417. The zero-order valence-corrected chi connectivity index (χ0v) is 16.1. The van der Waals surface area contributed by atoms with Crippen LogP contribution in [0.25, 0.3) is 0 Å². The summed E-state index contributed by atoms with van der Waals surface area (Å²) in [6.45, 7) is 10.6. The SMILES string of the molecule is Cc1cc(B2OC(C)(C)C(C)(C)O2)ccc1C(=O)NCc1ccccc1. The van der Waals surface area contributed by atoms with E-state index in [9.17, 15) is 4.79 Å². The molecule has 0 saturated carbocycles. The molecule has 1 saturated heterocycles. The van der Waals surface area contributed by atoms with Gasteiger partial charge in [0.05, 0.1) is 11.2 Å². The van der Waals surface area contributed by atoms with Gasteiger partial charge >= 0.3 is 7.12 Å². The molecule has 1 N–H and O–H groups in total. The van der Waals surface area contributed by atoms with Crippen molar-refractivity contribution in [2.75, 3.05) is 0 Å². The molecule has 0 aromatic heterocycles. The van der Waals surface area contributed by atoms with Crippen LogP contribution in [0.4, 0.5) is 0 Å². The van der Waals surface area contributed by atoms with Crippen LogP contribution >= 0.6 is 0 Å². The lowest BCUT2D eigenvalue weighted by Gasteiger charge is -2.32. The van der Waals surface area contributed by atoms with Crippen LogP contribution < -0.4 is 10.8 Å². The number of aryl methyl sites for hydroxylation is 1. The van der Waals surface area contributed by atoms with Gasteiger partial charge in [-0.05, 0) is 57.3 Å². The van der Waals surface area contributed by atoms with E-state index in [-0.39, 0.29) is 17.1 Å². The second-order valence-corrected chi connectivity index (χ2v) is 7.83. The monoisotopic (exact) mass is 351 g/mol. The zero-order valence-electron chi connectivity index (χ0n) is 16.1. The molecule has 5 heteroatoms. The van der Waals surface area contributed by atoms with Crippen molar-refractivity contribution in [3.05, 3.63) is 65.2 Å². The summed E-state index contributed by atoms with van der Waals surface area (Å²) in [5.74, 6) is -0.0770. The van der Waals surface area contributed by atoms with Gasteiger partial charge in [0.25, 0.3) is 5.91 Å². The molecule has 26 heavy (non-hydrogen) atoms. The summed E-state index contributed by atoms with van der Waals surface area (Å²) in [6, 6.07) is 15.6. The Morgan fingerprint density at radius 2 is 1.62 bits per heavy atom. The Bertz CT molecular complexity index is 786. The highest BCUT2D eigenvalue weighted by Crippen LogP contribution is 2.36. The lowest BCUT2D eigenvalue weighted by atomic mass is 9.78. The zero-order chi connectivity index (χ0) is 18.9. The van der Waals surface area contributed by atoms with E-state index >= 15 is 0 Å². The van der Waals surface area contributed by atoms with E-state index in [1.807, 2.05) is 83.1 Å². The van der Waals surface area contributed by atoms with Crippen molar-refractivity contribution < 1.29 is 14.1 Å². The number of benzene rings is 2. The smallest absolute Gasteiger partial charge is 0.399 e. The van der Waals surface area contributed by atoms with E-state index in [1.165, 1.54) is 0 Å². The van der Waals surface area contributed by atoms with E-state index in [0.717, 1.165) is 16.6 Å². The lowest BCUT2D eigenvalue weighted by molar-refractivity contribution is 0.00578. The number of rotatable bonds is 4. The van der Waals surface area contributed by atoms with Crippen molar-refractivity contribution in [3.63, 3.8) is 0 Å². The van der Waals surface area contributed by atoms with Crippen LogP contribution in [0, 0.1) is 6.92 Å². The van der Waals surface area contributed by atoms with Gasteiger partial charge in [-0.3, -0.25) is 4.79 Å². The Morgan fingerprint density at radius 1 is 1.00 bits per heavy atom. The maximum absolute atomic E-state index is 12.5. The van der Waals surface area contributed by atoms with Crippen molar-refractivity contribution >= 4 is 18.5 Å². The predicted molar refractivity (Wildman–Crippen MR) is 105 cm³/mol. The summed E-state index contributed by atoms with van der Waals surface area (Å²) in [5.41, 5.74) is 2.83. The number of nitrogens with one attached hydrogen (secondary N) is 1. The molecule has 1 aliphatic rings. The van der Waals surface area contributed by atoms with Crippen molar-refractivity contribution in [2.45, 2.75) is 52.4 Å². The van der Waals surface area contributed by atoms with Gasteiger partial charge in [0.1, 0.15) is 0 Å². The fourth-order valence-electron chi connectivity index (χ4n) is 2.94. The minimum atomic E-state index is -0.417. The minimum absolute atomic E-state index is 0.0770. The number of carbonyl (C=O) groups excluding carboxylic acids is 1. The average molecular weight is 351 g/mol. The number of carbonyl (C=O) groups is 1. The first-order valence-electron chi connectivity index (χ1n) is 8.98. The number of hydrogen-bond acceptors (Lipinski definition) is 3. The fourth-order valence-corrected chi connectivity index (χ4v) is 2.94. The standard InChI is InChI=1S/C21H26BNO3/c1-15-13-17(22-25-20(2,3)21(4,5)26-22)11-12-18(15)19(24)23-14-16-9-7-6-8-10-16/h6-13H,14H2,1-5H3,(H,23,24). The molecule has 3 rings (SSSR count). The predicted octanol–water partition coefficient (Wildman–Crippen LogP) is 3.22. The summed E-state index contributed by atoms with van der Waals surface area (Å²) in [5, 5.41) is 2.97. The Morgan fingerprint density at radius 3 is 2.19 bits per heavy atom. The minimum Gasteiger partial charge on any atom is -0.399 e. The van der Waals surface area contributed by atoms with E-state index in [1.54, 1.807) is 0 Å². The van der Waals surface area contributed by atoms with Crippen molar-refractivity contribution in [2.24, 2.45) is 0 Å². The fraction of sp³-hybridized carbons (Fsp3) is 0.381. The van der Waals surface area contributed by atoms with Gasteiger partial charge in [0.15, 0.2) is 0 Å². The number of amides is 1. The molecular weight excluding hydrogens is 325 g/mol. The molecule has 1 fully saturated rings. The summed E-state index contributed by atoms with van der Waals surface area (Å²) < 4.78 is 12.2. The highest BCUT2D eigenvalue weighted by molar-refractivity contribution is 6.62. The molecule has 0 unspecified atom stereocenters. The van der Waals surface area contributed by atoms with E-state index in [2.05, 4.69) is 5.32 Å². The largest absolute Gasteiger partial charge is 0.494 e. The first kappa shape index (κ1) is 18.7. The van der Waals surface area contributed by atoms with Crippen molar-refractivity contribution in [3.8, 4) is 0 Å². The molecule has 0 spiro atoms. The van der Waals surface area contributed by atoms with Crippen LogP contribution in [0.2, 0.25) is 0 Å². The van der Waals surface area contributed by atoms with Crippen molar-refractivity contribution in [1.82, 2.24) is 5.32 Å². The van der Waals surface area contributed by atoms with Crippen LogP contribution in [-0.2, 0) is 15.9 Å². The summed E-state index contributed by atoms with van der Waals surface area (Å²) in [6.07, 6.45) is 0. The van der Waals surface area contributed by atoms with Gasteiger partial charge in [0, 0.05) is 12.1 Å². The molecule has 1 heterocycles. The third kappa shape index (κ3) is 3.69. The molecule has 1 aliphatic heterocycles. The quantitative estimate of drug-likeness (QED) is 0.861. The molecule has 0 bridgehead atoms. The van der Waals surface area contributed by atoms with E-state index < -0.39 is 7.12 Å². The topological polar surface area (TPSA) is 47.6 Å². The van der Waals surface area contributed by atoms with Gasteiger partial charge in [-0.1, -0.05) is 42.5 Å². The van der Waals surface area contributed by atoms with Gasteiger partial charge < -0.3 is 14.6 Å². The van der Waals surface area contributed by atoms with Crippen LogP contribution in [0.3, 0.4) is 0 Å². The second kappa shape index (κ2) is 6.90. The molecule has 0 atom stereocenters. The van der Waals surface area contributed by atoms with E-state index in [4.69, 9.17) is 9.31 Å². The summed E-state index contributed by atoms with van der Waals surface area (Å²) >= 11 is 0. The molecule has 0 radical (unpaired) electrons. The Kier molecular flexibility index (Phi) is 4.95. The highest BCUT2D eigenvalue weighted by atomic mass is 16.7. The van der Waals surface area contributed by atoms with E-state index in [0.29, 0.717) is 12.1 Å². The first-order chi connectivity index (χ1) is 12.2. The van der Waals surface area contributed by atoms with Crippen LogP contribution in [-0.4, -0.2) is 24.2 Å². The number of hydrogen-bond donors (Lipinski definition) is 1. The molecular formula is C21H26BNO3. The summed E-state index contributed by atoms with van der Waals surface area (Å²) in [4.78, 5) is 12.5. The van der Waals surface area contributed by atoms with Crippen LogP contribution in [0.5, 0.6) is 0 Å². The average Bonchev–Trinajstić information content (AvgIpc) is 2.81. The van der Waals surface area contributed by atoms with Gasteiger partial charge in [0.2, 0.25) is 0 Å². The lowest BCUT2D eigenvalue weighted by Crippen LogP contribution is -2.41. The molecule has 136 valence electrons. The molecule has 1 amide bonds. The van der Waals surface area contributed by atoms with Crippen LogP contribution in [0.15, 0.2) is 48.5 Å². The maximum Gasteiger partial charge on any atom is 0.494 e. The van der Waals surface area contributed by atoms with Crippen molar-refractivity contribution in [1.29, 1.82) is 0 Å². The van der Waals surface area contributed by atoms with Gasteiger partial charge in [-0.25, -0.2) is 0 Å². The molecule has 2 aromatic carbocycles. The first-order valence-corrected chi connectivity index (χ1v) is 8.98. The second-order valence-electron chi connectivity index (χ2n) is 7.83. The molecule has 4 nitrogen and oxygen atoms in total. The third-order valence-corrected chi connectivity index (χ3v) is 5.32. The van der Waals surface area contributed by atoms with Crippen LogP contribution in [0.1, 0.15) is 49.2 Å². The third-order valence-electron chi connectivity index (χ3n) is 5.32. The highest BCUT2D eigenvalue weighted by Gasteiger charge is 2.51.